The van der Waals surface area contributed by atoms with Crippen molar-refractivity contribution < 1.29 is 9.53 Å². The Morgan fingerprint density at radius 1 is 1.16 bits per heavy atom. The second kappa shape index (κ2) is 9.89. The minimum Gasteiger partial charge on any atom is -0.493 e. The predicted molar refractivity (Wildman–Crippen MR) is 125 cm³/mol. The summed E-state index contributed by atoms with van der Waals surface area (Å²) in [6.45, 7) is 6.55. The molecular formula is C23H27N5O2S. The van der Waals surface area contributed by atoms with E-state index in [4.69, 9.17) is 4.74 Å². The van der Waals surface area contributed by atoms with Gasteiger partial charge in [0.2, 0.25) is 5.91 Å². The van der Waals surface area contributed by atoms with Crippen molar-refractivity contribution in [2.75, 3.05) is 50.1 Å². The van der Waals surface area contributed by atoms with E-state index in [0.29, 0.717) is 12.3 Å². The molecule has 3 heterocycles. The van der Waals surface area contributed by atoms with Crippen LogP contribution in [0.5, 0.6) is 5.75 Å². The molecule has 162 valence electrons. The second-order valence-electron chi connectivity index (χ2n) is 7.49. The highest BCUT2D eigenvalue weighted by molar-refractivity contribution is 7.13. The molecule has 0 saturated carbocycles. The maximum atomic E-state index is 12.5. The largest absolute Gasteiger partial charge is 0.493 e. The zero-order valence-corrected chi connectivity index (χ0v) is 18.7. The molecular weight excluding hydrogens is 410 g/mol. The Morgan fingerprint density at radius 3 is 2.71 bits per heavy atom. The molecule has 0 radical (unpaired) electrons. The highest BCUT2D eigenvalue weighted by Crippen LogP contribution is 2.32. The molecule has 4 rings (SSSR count). The molecule has 1 amide bonds. The summed E-state index contributed by atoms with van der Waals surface area (Å²) in [4.78, 5) is 26.2. The van der Waals surface area contributed by atoms with Crippen LogP contribution in [0.3, 0.4) is 0 Å². The average molecular weight is 438 g/mol. The quantitative estimate of drug-likeness (QED) is 0.610. The van der Waals surface area contributed by atoms with Gasteiger partial charge in [0.25, 0.3) is 0 Å². The van der Waals surface area contributed by atoms with Gasteiger partial charge in [0.1, 0.15) is 16.6 Å². The molecule has 8 heteroatoms. The molecule has 1 aromatic carbocycles. The predicted octanol–water partition coefficient (Wildman–Crippen LogP) is 3.54. The molecule has 7 nitrogen and oxygen atoms in total. The van der Waals surface area contributed by atoms with Crippen LogP contribution < -0.4 is 15.0 Å². The normalized spacial score (nSPS) is 14.5. The summed E-state index contributed by atoms with van der Waals surface area (Å²) in [7, 11) is 2.13. The first-order valence-electron chi connectivity index (χ1n) is 10.5. The fourth-order valence-corrected chi connectivity index (χ4v) is 4.34. The van der Waals surface area contributed by atoms with Crippen LogP contribution >= 0.6 is 11.3 Å². The number of ether oxygens (including phenoxy) is 1. The van der Waals surface area contributed by atoms with Crippen LogP contribution in [0.25, 0.3) is 10.6 Å². The summed E-state index contributed by atoms with van der Waals surface area (Å²) in [6, 6.07) is 11.7. The van der Waals surface area contributed by atoms with Gasteiger partial charge in [-0.05, 0) is 38.2 Å². The number of para-hydroxylation sites is 1. The SMILES string of the molecule is CCOc1ccccc1-c1nc(CC(=O)Nc2ccc(N3CCN(C)CC3)nc2)cs1. The van der Waals surface area contributed by atoms with Gasteiger partial charge < -0.3 is 19.9 Å². The van der Waals surface area contributed by atoms with Crippen LogP contribution in [0, 0.1) is 0 Å². The summed E-state index contributed by atoms with van der Waals surface area (Å²) in [5.74, 6) is 1.65. The topological polar surface area (TPSA) is 70.6 Å². The maximum Gasteiger partial charge on any atom is 0.230 e. The van der Waals surface area contributed by atoms with Crippen molar-refractivity contribution in [2.45, 2.75) is 13.3 Å². The monoisotopic (exact) mass is 437 g/mol. The van der Waals surface area contributed by atoms with Gasteiger partial charge in [-0.2, -0.15) is 0 Å². The number of hydrogen-bond acceptors (Lipinski definition) is 7. The third-order valence-corrected chi connectivity index (χ3v) is 6.09. The van der Waals surface area contributed by atoms with Crippen molar-refractivity contribution in [1.29, 1.82) is 0 Å². The molecule has 1 saturated heterocycles. The van der Waals surface area contributed by atoms with E-state index in [0.717, 1.165) is 54.0 Å². The number of anilines is 2. The maximum absolute atomic E-state index is 12.5. The number of thiazole rings is 1. The molecule has 0 unspecified atom stereocenters. The zero-order chi connectivity index (χ0) is 21.6. The number of pyridine rings is 1. The first-order valence-corrected chi connectivity index (χ1v) is 11.4. The van der Waals surface area contributed by atoms with Gasteiger partial charge >= 0.3 is 0 Å². The minimum atomic E-state index is -0.107. The Hall–Kier alpha value is -2.97. The van der Waals surface area contributed by atoms with Gasteiger partial charge in [0.05, 0.1) is 36.2 Å². The van der Waals surface area contributed by atoms with Crippen LogP contribution in [-0.4, -0.2) is 60.6 Å². The third kappa shape index (κ3) is 5.39. The van der Waals surface area contributed by atoms with E-state index >= 15 is 0 Å². The smallest absolute Gasteiger partial charge is 0.230 e. The number of likely N-dealkylation sites (N-methyl/N-ethyl adjacent to an activating group) is 1. The first kappa shape index (κ1) is 21.3. The lowest BCUT2D eigenvalue weighted by atomic mass is 10.2. The lowest BCUT2D eigenvalue weighted by Crippen LogP contribution is -2.44. The summed E-state index contributed by atoms with van der Waals surface area (Å²) < 4.78 is 5.69. The second-order valence-corrected chi connectivity index (χ2v) is 8.35. The van der Waals surface area contributed by atoms with Crippen LogP contribution in [0.15, 0.2) is 48.0 Å². The van der Waals surface area contributed by atoms with E-state index < -0.39 is 0 Å². The number of nitrogens with zero attached hydrogens (tertiary/aromatic N) is 4. The molecule has 0 atom stereocenters. The van der Waals surface area contributed by atoms with Gasteiger partial charge in [-0.3, -0.25) is 4.79 Å². The summed E-state index contributed by atoms with van der Waals surface area (Å²) in [5.41, 5.74) is 2.38. The Kier molecular flexibility index (Phi) is 6.79. The molecule has 1 aliphatic rings. The molecule has 2 aromatic heterocycles. The van der Waals surface area contributed by atoms with Crippen LogP contribution in [0.4, 0.5) is 11.5 Å². The van der Waals surface area contributed by atoms with Crippen molar-refractivity contribution in [3.63, 3.8) is 0 Å². The van der Waals surface area contributed by atoms with Crippen LogP contribution in [0.1, 0.15) is 12.6 Å². The number of benzene rings is 1. The Labute approximate surface area is 186 Å². The van der Waals surface area contributed by atoms with E-state index in [1.165, 1.54) is 11.3 Å². The van der Waals surface area contributed by atoms with E-state index in [2.05, 4.69) is 32.1 Å². The number of piperazine rings is 1. The molecule has 0 spiro atoms. The van der Waals surface area contributed by atoms with Crippen molar-refractivity contribution in [3.05, 3.63) is 53.7 Å². The fourth-order valence-electron chi connectivity index (χ4n) is 3.49. The Balaban J connectivity index is 1.35. The summed E-state index contributed by atoms with van der Waals surface area (Å²) in [6.07, 6.45) is 1.93. The number of carbonyl (C=O) groups is 1. The van der Waals surface area contributed by atoms with Crippen LogP contribution in [-0.2, 0) is 11.2 Å². The Bertz CT molecular complexity index is 1010. The molecule has 3 aromatic rings. The zero-order valence-electron chi connectivity index (χ0n) is 17.9. The minimum absolute atomic E-state index is 0.107. The number of nitrogens with one attached hydrogen (secondary N) is 1. The molecule has 1 aliphatic heterocycles. The fraction of sp³-hybridized carbons (Fsp3) is 0.348. The number of amides is 1. The molecule has 0 bridgehead atoms. The number of carbonyl (C=O) groups excluding carboxylic acids is 1. The van der Waals surface area contributed by atoms with E-state index in [9.17, 15) is 4.79 Å². The van der Waals surface area contributed by atoms with Gasteiger partial charge in [0.15, 0.2) is 0 Å². The lowest BCUT2D eigenvalue weighted by molar-refractivity contribution is -0.115. The molecule has 0 aliphatic carbocycles. The summed E-state index contributed by atoms with van der Waals surface area (Å²) >= 11 is 1.52. The molecule has 1 N–H and O–H groups in total. The standard InChI is InChI=1S/C23H27N5O2S/c1-3-30-20-7-5-4-6-19(20)23-26-18(16-31-23)14-22(29)25-17-8-9-21(24-15-17)28-12-10-27(2)11-13-28/h4-9,15-16H,3,10-14H2,1-2H3,(H,25,29). The van der Waals surface area contributed by atoms with Gasteiger partial charge in [-0.15, -0.1) is 11.3 Å². The molecule has 1 fully saturated rings. The van der Waals surface area contributed by atoms with Crippen molar-refractivity contribution in [3.8, 4) is 16.3 Å². The van der Waals surface area contributed by atoms with Crippen molar-refractivity contribution >= 4 is 28.7 Å². The Morgan fingerprint density at radius 2 is 1.97 bits per heavy atom. The highest BCUT2D eigenvalue weighted by atomic mass is 32.1. The number of hydrogen-bond donors (Lipinski definition) is 1. The van der Waals surface area contributed by atoms with Gasteiger partial charge in [-0.1, -0.05) is 12.1 Å². The lowest BCUT2D eigenvalue weighted by Gasteiger charge is -2.33. The van der Waals surface area contributed by atoms with Crippen molar-refractivity contribution in [2.24, 2.45) is 0 Å². The highest BCUT2D eigenvalue weighted by Gasteiger charge is 2.16. The van der Waals surface area contributed by atoms with E-state index in [1.807, 2.05) is 48.7 Å². The average Bonchev–Trinajstić information content (AvgIpc) is 3.23. The first-order chi connectivity index (χ1) is 15.1. The van der Waals surface area contributed by atoms with Gasteiger partial charge in [-0.25, -0.2) is 9.97 Å². The number of aromatic nitrogens is 2. The number of rotatable bonds is 7. The summed E-state index contributed by atoms with van der Waals surface area (Å²) in [5, 5.41) is 5.69. The van der Waals surface area contributed by atoms with E-state index in [-0.39, 0.29) is 12.3 Å². The van der Waals surface area contributed by atoms with Gasteiger partial charge in [0, 0.05) is 31.6 Å². The molecule has 31 heavy (non-hydrogen) atoms. The third-order valence-electron chi connectivity index (χ3n) is 5.17. The van der Waals surface area contributed by atoms with E-state index in [1.54, 1.807) is 6.20 Å². The van der Waals surface area contributed by atoms with Crippen LogP contribution in [0.2, 0.25) is 0 Å². The van der Waals surface area contributed by atoms with Crippen molar-refractivity contribution in [1.82, 2.24) is 14.9 Å².